The number of hydrogen-bond donors (Lipinski definition) is 0. The van der Waals surface area contributed by atoms with Crippen molar-refractivity contribution in [1.29, 1.82) is 0 Å². The van der Waals surface area contributed by atoms with Gasteiger partial charge in [0.25, 0.3) is 0 Å². The summed E-state index contributed by atoms with van der Waals surface area (Å²) in [4.78, 5) is -0.0883. The molecule has 384 valence electrons. The second-order valence-corrected chi connectivity index (χ2v) is 22.8. The Morgan fingerprint density at radius 1 is 0.304 bits per heavy atom. The molecular weight excluding hydrogens is 1020 g/mol. The summed E-state index contributed by atoms with van der Waals surface area (Å²) in [6.45, 7) is 8.95. The van der Waals surface area contributed by atoms with E-state index in [0.29, 0.717) is 10.8 Å². The maximum absolute atomic E-state index is 12.1. The molecule has 4 aromatic rings. The van der Waals surface area contributed by atoms with Crippen molar-refractivity contribution in [2.24, 2.45) is 0 Å². The fraction of sp³-hybridized carbons (Fsp3) is 0.667. The Kier molecular flexibility index (Phi) is 35.5. The molecule has 69 heavy (non-hydrogen) atoms. The number of rotatable bonds is 38. The van der Waals surface area contributed by atoms with E-state index in [9.17, 15) is 25.9 Å². The Labute approximate surface area is 463 Å². The van der Waals surface area contributed by atoms with Crippen LogP contribution in [-0.4, -0.2) is 74.8 Å². The Hall–Kier alpha value is -1.21. The summed E-state index contributed by atoms with van der Waals surface area (Å²) in [5.74, 6) is 0. The molecule has 0 bridgehead atoms. The SMILES string of the molecule is CCCCCCCCCCc1cc(S(=O)(=O)[O-])c2cc(CCCCCCCCCC)ccc2c1.CCCCCCCCCCc1cc(S(=O)(=O)[O-])c2cc(CCCCCCCCCC)ccc2c1.[Ba+2]. The minimum absolute atomic E-state index is 0. The second-order valence-electron chi connectivity index (χ2n) is 20.1. The summed E-state index contributed by atoms with van der Waals surface area (Å²) in [6, 6.07) is 19.5. The first-order valence-corrected chi connectivity index (χ1v) is 30.8. The first-order chi connectivity index (χ1) is 32.9. The van der Waals surface area contributed by atoms with Gasteiger partial charge in [-0.1, -0.05) is 244 Å². The molecule has 6 nitrogen and oxygen atoms in total. The largest absolute Gasteiger partial charge is 2.00 e. The Balaban J connectivity index is 0.000000467. The van der Waals surface area contributed by atoms with E-state index in [2.05, 4.69) is 52.0 Å². The average Bonchev–Trinajstić information content (AvgIpc) is 3.31. The van der Waals surface area contributed by atoms with Gasteiger partial charge < -0.3 is 9.11 Å². The smallest absolute Gasteiger partial charge is 0.744 e. The van der Waals surface area contributed by atoms with Crippen molar-refractivity contribution in [2.75, 3.05) is 0 Å². The van der Waals surface area contributed by atoms with Crippen LogP contribution in [0.3, 0.4) is 0 Å². The molecule has 0 radical (unpaired) electrons. The van der Waals surface area contributed by atoms with E-state index in [1.807, 2.05) is 24.3 Å². The Morgan fingerprint density at radius 2 is 0.536 bits per heavy atom. The van der Waals surface area contributed by atoms with Crippen LogP contribution in [0.2, 0.25) is 0 Å². The quantitative estimate of drug-likeness (QED) is 0.0251. The van der Waals surface area contributed by atoms with Gasteiger partial charge in [0.2, 0.25) is 0 Å². The number of aryl methyl sites for hydroxylation is 4. The van der Waals surface area contributed by atoms with Gasteiger partial charge in [0.1, 0.15) is 20.2 Å². The van der Waals surface area contributed by atoms with E-state index in [1.54, 1.807) is 12.1 Å². The van der Waals surface area contributed by atoms with E-state index >= 15 is 0 Å². The van der Waals surface area contributed by atoms with Gasteiger partial charge in [-0.25, -0.2) is 16.8 Å². The van der Waals surface area contributed by atoms with Crippen LogP contribution < -0.4 is 0 Å². The van der Waals surface area contributed by atoms with Crippen LogP contribution in [0.15, 0.2) is 70.5 Å². The first kappa shape index (κ1) is 63.9. The second kappa shape index (κ2) is 38.4. The molecule has 0 aromatic heterocycles. The van der Waals surface area contributed by atoms with Gasteiger partial charge in [0.15, 0.2) is 0 Å². The molecule has 0 saturated heterocycles. The van der Waals surface area contributed by atoms with Crippen molar-refractivity contribution >= 4 is 90.7 Å². The Bertz CT molecular complexity index is 2030. The minimum Gasteiger partial charge on any atom is -0.744 e. The average molecular weight is 1110 g/mol. The Morgan fingerprint density at radius 3 is 0.783 bits per heavy atom. The molecule has 0 atom stereocenters. The molecule has 0 aliphatic heterocycles. The summed E-state index contributed by atoms with van der Waals surface area (Å²) >= 11 is 0. The van der Waals surface area contributed by atoms with Crippen LogP contribution in [0.1, 0.15) is 255 Å². The van der Waals surface area contributed by atoms with Gasteiger partial charge in [-0.2, -0.15) is 0 Å². The molecule has 0 fully saturated rings. The molecule has 0 unspecified atom stereocenters. The maximum atomic E-state index is 12.1. The van der Waals surface area contributed by atoms with Crippen LogP contribution in [0, 0.1) is 0 Å². The topological polar surface area (TPSA) is 114 Å². The standard InChI is InChI=1S/2C30H48O3S.Ba/c2*1-3-5-7-9-11-13-15-17-19-26-21-22-28-23-27(20-18-16-14-12-10-8-6-4-2)25-30(29(28)24-26)34(31,32)33;/h2*21-25H,3-20H2,1-2H3,(H,31,32,33);/q;;+2/p-2. The summed E-state index contributed by atoms with van der Waals surface area (Å²) in [7, 11) is -9.01. The summed E-state index contributed by atoms with van der Waals surface area (Å²) < 4.78 is 72.4. The zero-order valence-corrected chi connectivity index (χ0v) is 50.3. The van der Waals surface area contributed by atoms with Gasteiger partial charge >= 0.3 is 48.9 Å². The van der Waals surface area contributed by atoms with Crippen molar-refractivity contribution < 1.29 is 25.9 Å². The van der Waals surface area contributed by atoms with Crippen LogP contribution in [-0.2, 0) is 45.9 Å². The van der Waals surface area contributed by atoms with Crippen molar-refractivity contribution in [1.82, 2.24) is 0 Å². The number of benzene rings is 4. The molecule has 0 saturated carbocycles. The summed E-state index contributed by atoms with van der Waals surface area (Å²) in [6.07, 6.45) is 43.7. The van der Waals surface area contributed by atoms with Crippen molar-refractivity contribution in [3.8, 4) is 0 Å². The van der Waals surface area contributed by atoms with E-state index in [1.165, 1.54) is 167 Å². The first-order valence-electron chi connectivity index (χ1n) is 27.9. The molecule has 0 N–H and O–H groups in total. The van der Waals surface area contributed by atoms with Crippen LogP contribution >= 0.6 is 0 Å². The van der Waals surface area contributed by atoms with Crippen molar-refractivity contribution in [2.45, 2.75) is 269 Å². The van der Waals surface area contributed by atoms with Gasteiger partial charge in [-0.3, -0.25) is 0 Å². The van der Waals surface area contributed by atoms with Gasteiger partial charge in [0.05, 0.1) is 9.79 Å². The van der Waals surface area contributed by atoms with Gasteiger partial charge in [-0.05, 0) is 119 Å². The number of fused-ring (bicyclic) bond motifs is 2. The predicted octanol–water partition coefficient (Wildman–Crippen LogP) is 17.8. The maximum Gasteiger partial charge on any atom is 2.00 e. The van der Waals surface area contributed by atoms with E-state index in [0.717, 1.165) is 97.2 Å². The molecule has 4 aromatic carbocycles. The van der Waals surface area contributed by atoms with E-state index in [-0.39, 0.29) is 58.7 Å². The van der Waals surface area contributed by atoms with Gasteiger partial charge in [0, 0.05) is 0 Å². The molecule has 0 aliphatic carbocycles. The molecule has 0 heterocycles. The summed E-state index contributed by atoms with van der Waals surface area (Å²) in [5.41, 5.74) is 4.17. The van der Waals surface area contributed by atoms with Crippen molar-refractivity contribution in [3.05, 3.63) is 82.9 Å². The van der Waals surface area contributed by atoms with Gasteiger partial charge in [-0.15, -0.1) is 0 Å². The monoisotopic (exact) mass is 1110 g/mol. The normalized spacial score (nSPS) is 11.8. The number of unbranched alkanes of at least 4 members (excludes halogenated alkanes) is 28. The predicted molar refractivity (Wildman–Crippen MR) is 295 cm³/mol. The third kappa shape index (κ3) is 27.6. The fourth-order valence-electron chi connectivity index (χ4n) is 9.73. The fourth-order valence-corrected chi connectivity index (χ4v) is 11.2. The number of hydrogen-bond acceptors (Lipinski definition) is 6. The molecule has 4 rings (SSSR count). The zero-order valence-electron chi connectivity index (χ0n) is 44.2. The van der Waals surface area contributed by atoms with Crippen LogP contribution in [0.4, 0.5) is 0 Å². The van der Waals surface area contributed by atoms with Crippen LogP contribution in [0.5, 0.6) is 0 Å². The van der Waals surface area contributed by atoms with Crippen LogP contribution in [0.25, 0.3) is 21.5 Å². The van der Waals surface area contributed by atoms with Crippen molar-refractivity contribution in [3.63, 3.8) is 0 Å². The minimum atomic E-state index is -4.51. The van der Waals surface area contributed by atoms with E-state index in [4.69, 9.17) is 0 Å². The third-order valence-corrected chi connectivity index (χ3v) is 15.6. The molecule has 0 spiro atoms. The molecule has 9 heteroatoms. The molecule has 0 aliphatic rings. The zero-order chi connectivity index (χ0) is 49.3. The third-order valence-electron chi connectivity index (χ3n) is 13.9. The van der Waals surface area contributed by atoms with E-state index < -0.39 is 20.2 Å². The molecular formula is C60H94BaO6S2. The summed E-state index contributed by atoms with van der Waals surface area (Å²) in [5, 5.41) is 2.91. The molecule has 0 amide bonds.